The van der Waals surface area contributed by atoms with E-state index < -0.39 is 18.0 Å². The second-order valence-corrected chi connectivity index (χ2v) is 6.10. The number of alkyl halides is 3. The molecule has 142 valence electrons. The van der Waals surface area contributed by atoms with E-state index >= 15 is 0 Å². The summed E-state index contributed by atoms with van der Waals surface area (Å²) >= 11 is 0. The monoisotopic (exact) mass is 371 g/mol. The van der Waals surface area contributed by atoms with Crippen molar-refractivity contribution < 1.29 is 17.9 Å². The average Bonchev–Trinajstić information content (AvgIpc) is 3.10. The van der Waals surface area contributed by atoms with Crippen molar-refractivity contribution >= 4 is 11.8 Å². The lowest BCUT2D eigenvalue weighted by atomic mass is 10.2. The first-order chi connectivity index (χ1) is 12.3. The van der Waals surface area contributed by atoms with Gasteiger partial charge in [0, 0.05) is 33.1 Å². The van der Waals surface area contributed by atoms with Gasteiger partial charge in [-0.1, -0.05) is 6.92 Å². The van der Waals surface area contributed by atoms with Gasteiger partial charge in [0.2, 0.25) is 5.95 Å². The first-order valence-electron chi connectivity index (χ1n) is 8.19. The lowest BCUT2D eigenvalue weighted by Gasteiger charge is -2.32. The van der Waals surface area contributed by atoms with Crippen molar-refractivity contribution in [2.75, 3.05) is 43.6 Å². The molecule has 26 heavy (non-hydrogen) atoms. The third-order valence-corrected chi connectivity index (χ3v) is 3.97. The topological polar surface area (TPSA) is 83.1 Å². The molecule has 11 heteroatoms. The van der Waals surface area contributed by atoms with Gasteiger partial charge in [-0.25, -0.2) is 9.97 Å². The summed E-state index contributed by atoms with van der Waals surface area (Å²) in [5, 5.41) is 6.94. The van der Waals surface area contributed by atoms with E-state index in [4.69, 9.17) is 4.74 Å². The molecule has 1 saturated heterocycles. The SMILES string of the molecule is CCc1nc(C2CN(c3nc(N(C)C)cc(C(F)(F)F)n3)CCO2)n[nH]1. The summed E-state index contributed by atoms with van der Waals surface area (Å²) in [6, 6.07) is 0.935. The summed E-state index contributed by atoms with van der Waals surface area (Å²) in [6.45, 7) is 2.92. The second-order valence-electron chi connectivity index (χ2n) is 6.10. The first kappa shape index (κ1) is 18.4. The number of H-pyrrole nitrogens is 1. The largest absolute Gasteiger partial charge is 0.433 e. The molecule has 1 N–H and O–H groups in total. The molecule has 0 aliphatic carbocycles. The van der Waals surface area contributed by atoms with Crippen molar-refractivity contribution in [2.24, 2.45) is 0 Å². The van der Waals surface area contributed by atoms with Crippen molar-refractivity contribution in [3.05, 3.63) is 23.4 Å². The molecule has 3 heterocycles. The molecule has 1 fully saturated rings. The Bertz CT molecular complexity index is 762. The van der Waals surface area contributed by atoms with E-state index in [0.29, 0.717) is 25.4 Å². The fourth-order valence-corrected chi connectivity index (χ4v) is 2.54. The summed E-state index contributed by atoms with van der Waals surface area (Å²) < 4.78 is 45.2. The van der Waals surface area contributed by atoms with Crippen LogP contribution in [0.15, 0.2) is 6.07 Å². The van der Waals surface area contributed by atoms with E-state index in [1.54, 1.807) is 19.0 Å². The molecule has 1 aliphatic heterocycles. The van der Waals surface area contributed by atoms with Crippen molar-refractivity contribution in [3.63, 3.8) is 0 Å². The molecule has 0 saturated carbocycles. The summed E-state index contributed by atoms with van der Waals surface area (Å²) in [6.07, 6.45) is -4.30. The molecule has 0 amide bonds. The van der Waals surface area contributed by atoms with Crippen LogP contribution < -0.4 is 9.80 Å². The van der Waals surface area contributed by atoms with Crippen LogP contribution in [0.2, 0.25) is 0 Å². The molecule has 0 bridgehead atoms. The van der Waals surface area contributed by atoms with Gasteiger partial charge in [0.1, 0.15) is 17.7 Å². The van der Waals surface area contributed by atoms with Crippen LogP contribution in [0.1, 0.15) is 30.4 Å². The van der Waals surface area contributed by atoms with E-state index in [0.717, 1.165) is 11.9 Å². The molecule has 8 nitrogen and oxygen atoms in total. The maximum atomic E-state index is 13.2. The van der Waals surface area contributed by atoms with Gasteiger partial charge in [-0.05, 0) is 0 Å². The van der Waals surface area contributed by atoms with Crippen LogP contribution in [0.5, 0.6) is 0 Å². The van der Waals surface area contributed by atoms with Gasteiger partial charge in [0.05, 0.1) is 13.2 Å². The molecular formula is C15H20F3N7O. The summed E-state index contributed by atoms with van der Waals surface area (Å²) in [5.41, 5.74) is -0.972. The van der Waals surface area contributed by atoms with Crippen LogP contribution in [-0.2, 0) is 17.3 Å². The smallest absolute Gasteiger partial charge is 0.366 e. The minimum Gasteiger partial charge on any atom is -0.366 e. The van der Waals surface area contributed by atoms with Crippen molar-refractivity contribution in [1.29, 1.82) is 0 Å². The number of nitrogens with one attached hydrogen (secondary N) is 1. The molecule has 3 rings (SSSR count). The highest BCUT2D eigenvalue weighted by molar-refractivity contribution is 5.46. The Morgan fingerprint density at radius 2 is 2.08 bits per heavy atom. The normalized spacial score (nSPS) is 18.2. The van der Waals surface area contributed by atoms with Gasteiger partial charge < -0.3 is 14.5 Å². The van der Waals surface area contributed by atoms with E-state index in [-0.39, 0.29) is 18.3 Å². The number of rotatable bonds is 4. The molecule has 1 unspecified atom stereocenters. The Balaban J connectivity index is 1.88. The van der Waals surface area contributed by atoms with E-state index in [1.165, 1.54) is 4.90 Å². The van der Waals surface area contributed by atoms with Crippen LogP contribution in [0.25, 0.3) is 0 Å². The number of hydrogen-bond donors (Lipinski definition) is 1. The predicted molar refractivity (Wildman–Crippen MR) is 88.0 cm³/mol. The zero-order valence-electron chi connectivity index (χ0n) is 14.7. The van der Waals surface area contributed by atoms with Crippen LogP contribution in [0.3, 0.4) is 0 Å². The Morgan fingerprint density at radius 3 is 2.69 bits per heavy atom. The number of halogens is 3. The highest BCUT2D eigenvalue weighted by Gasteiger charge is 2.35. The molecule has 2 aromatic rings. The van der Waals surface area contributed by atoms with Gasteiger partial charge in [-0.15, -0.1) is 0 Å². The Kier molecular flexibility index (Phi) is 4.99. The van der Waals surface area contributed by atoms with Crippen molar-refractivity contribution in [1.82, 2.24) is 25.1 Å². The van der Waals surface area contributed by atoms with Gasteiger partial charge in [0.15, 0.2) is 11.5 Å². The molecule has 0 radical (unpaired) electrons. The Morgan fingerprint density at radius 1 is 1.31 bits per heavy atom. The number of morpholine rings is 1. The fraction of sp³-hybridized carbons (Fsp3) is 0.600. The highest BCUT2D eigenvalue weighted by atomic mass is 19.4. The summed E-state index contributed by atoms with van der Waals surface area (Å²) in [4.78, 5) is 15.5. The summed E-state index contributed by atoms with van der Waals surface area (Å²) in [7, 11) is 3.27. The standard InChI is InChI=1S/C15H20F3N7O/c1-4-11-20-13(23-22-11)9-8-25(5-6-26-9)14-19-10(15(16,17)18)7-12(21-14)24(2)3/h7,9H,4-6,8H2,1-3H3,(H,20,22,23). The minimum absolute atomic E-state index is 0.0167. The number of ether oxygens (including phenoxy) is 1. The second kappa shape index (κ2) is 7.06. The maximum Gasteiger partial charge on any atom is 0.433 e. The molecule has 0 aromatic carbocycles. The number of anilines is 2. The highest BCUT2D eigenvalue weighted by Crippen LogP contribution is 2.32. The number of hydrogen-bond acceptors (Lipinski definition) is 7. The number of aryl methyl sites for hydroxylation is 1. The molecule has 1 aliphatic rings. The van der Waals surface area contributed by atoms with Gasteiger partial charge in [-0.3, -0.25) is 5.10 Å². The predicted octanol–water partition coefficient (Wildman–Crippen LogP) is 1.82. The Labute approximate surface area is 148 Å². The molecule has 1 atom stereocenters. The van der Waals surface area contributed by atoms with Gasteiger partial charge in [-0.2, -0.15) is 23.3 Å². The number of nitrogens with zero attached hydrogens (tertiary/aromatic N) is 6. The zero-order chi connectivity index (χ0) is 18.9. The van der Waals surface area contributed by atoms with Gasteiger partial charge >= 0.3 is 6.18 Å². The first-order valence-corrected chi connectivity index (χ1v) is 8.19. The van der Waals surface area contributed by atoms with E-state index in [1.807, 2.05) is 6.92 Å². The fourth-order valence-electron chi connectivity index (χ4n) is 2.54. The van der Waals surface area contributed by atoms with Crippen molar-refractivity contribution in [3.8, 4) is 0 Å². The van der Waals surface area contributed by atoms with E-state index in [2.05, 4.69) is 25.1 Å². The molecule has 2 aromatic heterocycles. The number of aromatic nitrogens is 5. The summed E-state index contributed by atoms with van der Waals surface area (Å²) in [5.74, 6) is 1.41. The van der Waals surface area contributed by atoms with E-state index in [9.17, 15) is 13.2 Å². The maximum absolute atomic E-state index is 13.2. The lowest BCUT2D eigenvalue weighted by Crippen LogP contribution is -2.40. The average molecular weight is 371 g/mol. The van der Waals surface area contributed by atoms with Crippen LogP contribution >= 0.6 is 0 Å². The minimum atomic E-state index is -4.55. The molecule has 0 spiro atoms. The van der Waals surface area contributed by atoms with Gasteiger partial charge in [0.25, 0.3) is 0 Å². The lowest BCUT2D eigenvalue weighted by molar-refractivity contribution is -0.141. The number of aromatic amines is 1. The third kappa shape index (κ3) is 3.87. The van der Waals surface area contributed by atoms with Crippen molar-refractivity contribution in [2.45, 2.75) is 25.6 Å². The van der Waals surface area contributed by atoms with Crippen LogP contribution in [0.4, 0.5) is 24.9 Å². The van der Waals surface area contributed by atoms with Crippen LogP contribution in [-0.4, -0.2) is 58.9 Å². The zero-order valence-corrected chi connectivity index (χ0v) is 14.7. The quantitative estimate of drug-likeness (QED) is 0.878. The third-order valence-electron chi connectivity index (χ3n) is 3.97. The Hall–Kier alpha value is -2.43. The van der Waals surface area contributed by atoms with Crippen LogP contribution in [0, 0.1) is 0 Å². The molecular weight excluding hydrogens is 351 g/mol.